The third-order valence-electron chi connectivity index (χ3n) is 5.62. The molecule has 0 aliphatic heterocycles. The van der Waals surface area contributed by atoms with Crippen molar-refractivity contribution >= 4 is 46.8 Å². The molecule has 0 aliphatic rings. The van der Waals surface area contributed by atoms with E-state index in [2.05, 4.69) is 24.4 Å². The molecule has 3 aromatic rings. The highest BCUT2D eigenvalue weighted by atomic mass is 35.5. The van der Waals surface area contributed by atoms with Crippen molar-refractivity contribution in [2.24, 2.45) is 0 Å². The van der Waals surface area contributed by atoms with Crippen LogP contribution in [0.25, 0.3) is 0 Å². The Kier molecular flexibility index (Phi) is 9.87. The van der Waals surface area contributed by atoms with E-state index < -0.39 is 6.04 Å². The second-order valence-corrected chi connectivity index (χ2v) is 9.83. The first-order valence-electron chi connectivity index (χ1n) is 11.0. The Morgan fingerprint density at radius 3 is 2.35 bits per heavy atom. The molecule has 178 valence electrons. The summed E-state index contributed by atoms with van der Waals surface area (Å²) in [5.41, 5.74) is 4.10. The molecule has 0 aliphatic carbocycles. The van der Waals surface area contributed by atoms with E-state index in [1.807, 2.05) is 42.5 Å². The van der Waals surface area contributed by atoms with Crippen molar-refractivity contribution < 1.29 is 9.59 Å². The van der Waals surface area contributed by atoms with Crippen molar-refractivity contribution in [3.63, 3.8) is 0 Å². The number of nitrogens with zero attached hydrogens (tertiary/aromatic N) is 1. The van der Waals surface area contributed by atoms with E-state index in [1.165, 1.54) is 11.1 Å². The zero-order valence-corrected chi connectivity index (χ0v) is 21.6. The SMILES string of the molecule is CNC(=O)[C@H](Cc1ccccc1)N(Cc1ccc(Cl)cc1Cl)C(=O)CSCc1ccccc1C. The zero-order chi connectivity index (χ0) is 24.5. The normalized spacial score (nSPS) is 11.6. The van der Waals surface area contributed by atoms with Crippen LogP contribution in [-0.2, 0) is 28.3 Å². The Labute approximate surface area is 215 Å². The van der Waals surface area contributed by atoms with Crippen LogP contribution in [0.5, 0.6) is 0 Å². The molecule has 0 heterocycles. The van der Waals surface area contributed by atoms with Crippen molar-refractivity contribution in [3.05, 3.63) is 105 Å². The lowest BCUT2D eigenvalue weighted by atomic mass is 10.0. The molecule has 0 spiro atoms. The molecule has 0 radical (unpaired) electrons. The summed E-state index contributed by atoms with van der Waals surface area (Å²) < 4.78 is 0. The fraction of sp³-hybridized carbons (Fsp3) is 0.259. The number of benzene rings is 3. The van der Waals surface area contributed by atoms with Crippen LogP contribution in [0.1, 0.15) is 22.3 Å². The standard InChI is InChI=1S/C27H28Cl2N2O2S/c1-19-8-6-7-11-22(19)17-34-18-26(32)31(16-21-12-13-23(28)15-24(21)29)25(27(33)30-2)14-20-9-4-3-5-10-20/h3-13,15,25H,14,16-18H2,1-2H3,(H,30,33)/t25-/m0/s1. The summed E-state index contributed by atoms with van der Waals surface area (Å²) >= 11 is 14.0. The molecule has 0 bridgehead atoms. The van der Waals surface area contributed by atoms with Gasteiger partial charge >= 0.3 is 0 Å². The molecule has 1 N–H and O–H groups in total. The summed E-state index contributed by atoms with van der Waals surface area (Å²) in [5.74, 6) is 0.638. The van der Waals surface area contributed by atoms with Crippen molar-refractivity contribution in [1.82, 2.24) is 10.2 Å². The molecule has 34 heavy (non-hydrogen) atoms. The number of amides is 2. The van der Waals surface area contributed by atoms with Crippen molar-refractivity contribution in [1.29, 1.82) is 0 Å². The Morgan fingerprint density at radius 2 is 1.68 bits per heavy atom. The molecular weight excluding hydrogens is 487 g/mol. The van der Waals surface area contributed by atoms with Crippen LogP contribution in [0.2, 0.25) is 10.0 Å². The number of likely N-dealkylation sites (N-methyl/N-ethyl adjacent to an activating group) is 1. The van der Waals surface area contributed by atoms with Crippen molar-refractivity contribution in [2.45, 2.75) is 31.7 Å². The van der Waals surface area contributed by atoms with Gasteiger partial charge in [-0.3, -0.25) is 9.59 Å². The molecule has 3 rings (SSSR count). The van der Waals surface area contributed by atoms with E-state index in [0.717, 1.165) is 16.9 Å². The van der Waals surface area contributed by atoms with Gasteiger partial charge in [0.15, 0.2) is 0 Å². The van der Waals surface area contributed by atoms with Gasteiger partial charge in [0, 0.05) is 35.8 Å². The second kappa shape index (κ2) is 12.8. The smallest absolute Gasteiger partial charge is 0.242 e. The molecule has 3 aromatic carbocycles. The van der Waals surface area contributed by atoms with E-state index in [4.69, 9.17) is 23.2 Å². The van der Waals surface area contributed by atoms with Crippen molar-refractivity contribution in [3.8, 4) is 0 Å². The van der Waals surface area contributed by atoms with Crippen LogP contribution in [0, 0.1) is 6.92 Å². The molecule has 0 saturated heterocycles. The average molecular weight is 516 g/mol. The molecule has 0 aromatic heterocycles. The number of rotatable bonds is 10. The van der Waals surface area contributed by atoms with Crippen LogP contribution in [0.3, 0.4) is 0 Å². The average Bonchev–Trinajstić information content (AvgIpc) is 2.83. The third-order valence-corrected chi connectivity index (χ3v) is 7.17. The predicted octanol–water partition coefficient (Wildman–Crippen LogP) is 5.92. The topological polar surface area (TPSA) is 49.4 Å². The minimum atomic E-state index is -0.675. The summed E-state index contributed by atoms with van der Waals surface area (Å²) in [6.07, 6.45) is 0.403. The number of aryl methyl sites for hydroxylation is 1. The van der Waals surface area contributed by atoms with Gasteiger partial charge in [0.2, 0.25) is 11.8 Å². The summed E-state index contributed by atoms with van der Waals surface area (Å²) in [6.45, 7) is 2.28. The molecule has 0 fully saturated rings. The van der Waals surface area contributed by atoms with Crippen LogP contribution in [0.4, 0.5) is 0 Å². The number of hydrogen-bond acceptors (Lipinski definition) is 3. The zero-order valence-electron chi connectivity index (χ0n) is 19.3. The van der Waals surface area contributed by atoms with Gasteiger partial charge in [0.05, 0.1) is 5.75 Å². The fourth-order valence-electron chi connectivity index (χ4n) is 3.66. The van der Waals surface area contributed by atoms with Crippen LogP contribution < -0.4 is 5.32 Å². The van der Waals surface area contributed by atoms with E-state index in [0.29, 0.717) is 16.5 Å². The maximum absolute atomic E-state index is 13.5. The van der Waals surface area contributed by atoms with Crippen molar-refractivity contribution in [2.75, 3.05) is 12.8 Å². The van der Waals surface area contributed by atoms with E-state index in [1.54, 1.807) is 41.9 Å². The molecule has 1 atom stereocenters. The number of carbonyl (C=O) groups is 2. The van der Waals surface area contributed by atoms with Gasteiger partial charge in [0.1, 0.15) is 6.04 Å². The first kappa shape index (κ1) is 26.1. The molecule has 0 unspecified atom stereocenters. The summed E-state index contributed by atoms with van der Waals surface area (Å²) in [4.78, 5) is 28.1. The van der Waals surface area contributed by atoms with Gasteiger partial charge in [0.25, 0.3) is 0 Å². The highest BCUT2D eigenvalue weighted by Gasteiger charge is 2.30. The lowest BCUT2D eigenvalue weighted by molar-refractivity contribution is -0.139. The lowest BCUT2D eigenvalue weighted by Gasteiger charge is -2.31. The second-order valence-electron chi connectivity index (χ2n) is 8.00. The van der Waals surface area contributed by atoms with Gasteiger partial charge in [-0.05, 0) is 41.3 Å². The van der Waals surface area contributed by atoms with Crippen LogP contribution >= 0.6 is 35.0 Å². The molecule has 0 saturated carbocycles. The number of carbonyl (C=O) groups excluding carboxylic acids is 2. The number of nitrogens with one attached hydrogen (secondary N) is 1. The number of halogens is 2. The van der Waals surface area contributed by atoms with Crippen LogP contribution in [-0.4, -0.2) is 35.6 Å². The summed E-state index contributed by atoms with van der Waals surface area (Å²) in [7, 11) is 1.59. The summed E-state index contributed by atoms with van der Waals surface area (Å²) in [6, 6.07) is 22.4. The third kappa shape index (κ3) is 7.26. The maximum Gasteiger partial charge on any atom is 0.242 e. The van der Waals surface area contributed by atoms with E-state index in [-0.39, 0.29) is 24.1 Å². The monoisotopic (exact) mass is 514 g/mol. The van der Waals surface area contributed by atoms with Gasteiger partial charge < -0.3 is 10.2 Å². The van der Waals surface area contributed by atoms with Gasteiger partial charge in [-0.2, -0.15) is 0 Å². The minimum Gasteiger partial charge on any atom is -0.357 e. The Hall–Kier alpha value is -2.47. The quantitative estimate of drug-likeness (QED) is 0.365. The Morgan fingerprint density at radius 1 is 0.971 bits per heavy atom. The Bertz CT molecular complexity index is 1120. The molecule has 4 nitrogen and oxygen atoms in total. The predicted molar refractivity (Wildman–Crippen MR) is 142 cm³/mol. The Balaban J connectivity index is 1.85. The van der Waals surface area contributed by atoms with E-state index in [9.17, 15) is 9.59 Å². The summed E-state index contributed by atoms with van der Waals surface area (Å²) in [5, 5.41) is 3.71. The van der Waals surface area contributed by atoms with Gasteiger partial charge in [-0.25, -0.2) is 0 Å². The molecule has 7 heteroatoms. The molecular formula is C27H28Cl2N2O2S. The molecule has 2 amide bonds. The first-order valence-corrected chi connectivity index (χ1v) is 12.9. The minimum absolute atomic E-state index is 0.117. The number of thioether (sulfide) groups is 1. The highest BCUT2D eigenvalue weighted by Crippen LogP contribution is 2.25. The first-order chi connectivity index (χ1) is 16.4. The largest absolute Gasteiger partial charge is 0.357 e. The highest BCUT2D eigenvalue weighted by molar-refractivity contribution is 7.99. The van der Waals surface area contributed by atoms with Gasteiger partial charge in [-0.1, -0.05) is 83.9 Å². The fourth-order valence-corrected chi connectivity index (χ4v) is 5.11. The maximum atomic E-state index is 13.5. The lowest BCUT2D eigenvalue weighted by Crippen LogP contribution is -2.50. The van der Waals surface area contributed by atoms with Gasteiger partial charge in [-0.15, -0.1) is 11.8 Å². The number of hydrogen-bond donors (Lipinski definition) is 1. The van der Waals surface area contributed by atoms with Crippen LogP contribution in [0.15, 0.2) is 72.8 Å². The van der Waals surface area contributed by atoms with E-state index >= 15 is 0 Å².